The Kier molecular flexibility index (Phi) is 3.55. The zero-order valence-electron chi connectivity index (χ0n) is 13.1. The van der Waals surface area contributed by atoms with Gasteiger partial charge in [-0.3, -0.25) is 4.79 Å². The molecule has 0 radical (unpaired) electrons. The van der Waals surface area contributed by atoms with Crippen molar-refractivity contribution in [3.8, 4) is 0 Å². The number of carbonyl (C=O) groups is 1. The van der Waals surface area contributed by atoms with Crippen molar-refractivity contribution in [2.45, 2.75) is 25.3 Å². The summed E-state index contributed by atoms with van der Waals surface area (Å²) in [6.45, 7) is 0.665. The van der Waals surface area contributed by atoms with Crippen LogP contribution in [0.25, 0.3) is 0 Å². The second-order valence-electron chi connectivity index (χ2n) is 6.52. The van der Waals surface area contributed by atoms with Gasteiger partial charge in [-0.05, 0) is 46.6 Å². The van der Waals surface area contributed by atoms with E-state index in [9.17, 15) is 14.9 Å². The molecule has 1 saturated carbocycles. The minimum Gasteiger partial charge on any atom is -0.358 e. The number of aromatic nitrogens is 2. The molecule has 7 heteroatoms. The fourth-order valence-corrected chi connectivity index (χ4v) is 3.96. The lowest BCUT2D eigenvalue weighted by atomic mass is 9.92. The van der Waals surface area contributed by atoms with E-state index in [1.165, 1.54) is 34.5 Å². The van der Waals surface area contributed by atoms with Gasteiger partial charge in [0.2, 0.25) is 5.91 Å². The number of benzene rings is 1. The fourth-order valence-electron chi connectivity index (χ4n) is 3.96. The minimum absolute atomic E-state index is 0.00643. The van der Waals surface area contributed by atoms with Gasteiger partial charge >= 0.3 is 5.82 Å². The number of nitrogens with one attached hydrogen (secondary N) is 1. The van der Waals surface area contributed by atoms with Crippen molar-refractivity contribution >= 4 is 11.7 Å². The first-order valence-corrected chi connectivity index (χ1v) is 8.16. The van der Waals surface area contributed by atoms with E-state index in [2.05, 4.69) is 34.7 Å². The van der Waals surface area contributed by atoms with E-state index in [0.717, 1.165) is 6.42 Å². The molecule has 7 nitrogen and oxygen atoms in total. The molecular weight excluding hydrogens is 308 g/mol. The Morgan fingerprint density at radius 2 is 2.21 bits per heavy atom. The van der Waals surface area contributed by atoms with Crippen LogP contribution < -0.4 is 5.32 Å². The SMILES string of the molecule is O=C(Cn1ccc([N+](=O)[O-])n1)NC[C@@H]1[C@@H]2CCc3ccccc3[C@@H]12. The lowest BCUT2D eigenvalue weighted by Crippen LogP contribution is -2.30. The van der Waals surface area contributed by atoms with Crippen LogP contribution in [-0.2, 0) is 17.8 Å². The van der Waals surface area contributed by atoms with Crippen LogP contribution in [0.4, 0.5) is 5.82 Å². The van der Waals surface area contributed by atoms with Crippen LogP contribution in [0.5, 0.6) is 0 Å². The van der Waals surface area contributed by atoms with Crippen LogP contribution in [0.3, 0.4) is 0 Å². The molecule has 0 bridgehead atoms. The summed E-state index contributed by atoms with van der Waals surface area (Å²) in [5.41, 5.74) is 2.88. The zero-order chi connectivity index (χ0) is 16.7. The Bertz CT molecular complexity index is 801. The number of rotatable bonds is 5. The van der Waals surface area contributed by atoms with Crippen molar-refractivity contribution < 1.29 is 9.72 Å². The van der Waals surface area contributed by atoms with E-state index in [-0.39, 0.29) is 18.3 Å². The molecule has 2 aromatic rings. The van der Waals surface area contributed by atoms with Gasteiger partial charge in [0.25, 0.3) is 0 Å². The molecule has 1 heterocycles. The highest BCUT2D eigenvalue weighted by Crippen LogP contribution is 2.59. The van der Waals surface area contributed by atoms with E-state index >= 15 is 0 Å². The molecule has 0 saturated heterocycles. The van der Waals surface area contributed by atoms with Gasteiger partial charge in [-0.1, -0.05) is 24.3 Å². The van der Waals surface area contributed by atoms with Crippen molar-refractivity contribution in [2.24, 2.45) is 11.8 Å². The summed E-state index contributed by atoms with van der Waals surface area (Å²) in [7, 11) is 0. The predicted molar refractivity (Wildman–Crippen MR) is 86.4 cm³/mol. The average Bonchev–Trinajstić information content (AvgIpc) is 3.10. The number of aryl methyl sites for hydroxylation is 1. The first kappa shape index (κ1) is 14.9. The summed E-state index contributed by atoms with van der Waals surface area (Å²) >= 11 is 0. The van der Waals surface area contributed by atoms with Gasteiger partial charge in [0, 0.05) is 6.54 Å². The third kappa shape index (κ3) is 2.66. The van der Waals surface area contributed by atoms with E-state index in [1.807, 2.05) is 0 Å². The van der Waals surface area contributed by atoms with E-state index in [4.69, 9.17) is 0 Å². The summed E-state index contributed by atoms with van der Waals surface area (Å²) in [4.78, 5) is 22.1. The summed E-state index contributed by atoms with van der Waals surface area (Å²) < 4.78 is 1.29. The van der Waals surface area contributed by atoms with Crippen LogP contribution in [-0.4, -0.2) is 27.2 Å². The number of amides is 1. The van der Waals surface area contributed by atoms with Gasteiger partial charge in [0.1, 0.15) is 6.54 Å². The van der Waals surface area contributed by atoms with Gasteiger partial charge in [-0.25, -0.2) is 0 Å². The smallest absolute Gasteiger partial charge is 0.358 e. The summed E-state index contributed by atoms with van der Waals surface area (Å²) in [5.74, 6) is 1.34. The van der Waals surface area contributed by atoms with E-state index < -0.39 is 4.92 Å². The van der Waals surface area contributed by atoms with Crippen LogP contribution in [0.2, 0.25) is 0 Å². The quantitative estimate of drug-likeness (QED) is 0.671. The third-order valence-electron chi connectivity index (χ3n) is 5.15. The Morgan fingerprint density at radius 3 is 3.00 bits per heavy atom. The molecule has 4 rings (SSSR count). The molecule has 2 aliphatic rings. The van der Waals surface area contributed by atoms with Gasteiger partial charge in [-0.15, -0.1) is 0 Å². The Hall–Kier alpha value is -2.70. The minimum atomic E-state index is -0.569. The van der Waals surface area contributed by atoms with Crippen molar-refractivity contribution in [3.63, 3.8) is 0 Å². The van der Waals surface area contributed by atoms with Crippen molar-refractivity contribution in [1.82, 2.24) is 15.1 Å². The predicted octanol–water partition coefficient (Wildman–Crippen LogP) is 1.88. The summed E-state index contributed by atoms with van der Waals surface area (Å²) in [6.07, 6.45) is 3.76. The maximum absolute atomic E-state index is 12.0. The standard InChI is InChI=1S/C17H18N4O3/c22-16(10-20-8-7-15(19-20)21(23)24)18-9-14-13-6-5-11-3-1-2-4-12(11)17(13)14/h1-4,7-8,13-14,17H,5-6,9-10H2,(H,18,22)/t13-,14+,17+/m0/s1. The normalized spacial score (nSPS) is 23.9. The number of hydrogen-bond donors (Lipinski definition) is 1. The van der Waals surface area contributed by atoms with Crippen LogP contribution in [0.15, 0.2) is 36.5 Å². The van der Waals surface area contributed by atoms with Crippen molar-refractivity contribution in [3.05, 3.63) is 57.8 Å². The monoisotopic (exact) mass is 326 g/mol. The first-order chi connectivity index (χ1) is 11.6. The number of fused-ring (bicyclic) bond motifs is 3. The molecule has 1 aromatic heterocycles. The highest BCUT2D eigenvalue weighted by molar-refractivity contribution is 5.75. The van der Waals surface area contributed by atoms with Crippen molar-refractivity contribution in [2.75, 3.05) is 6.54 Å². The molecule has 2 aliphatic carbocycles. The highest BCUT2D eigenvalue weighted by Gasteiger charge is 2.52. The Balaban J connectivity index is 1.32. The number of carbonyl (C=O) groups excluding carboxylic acids is 1. The number of nitrogens with zero attached hydrogens (tertiary/aromatic N) is 3. The van der Waals surface area contributed by atoms with Gasteiger partial charge in [-0.2, -0.15) is 4.68 Å². The molecule has 0 unspecified atom stereocenters. The molecule has 0 spiro atoms. The molecule has 3 atom stereocenters. The summed E-state index contributed by atoms with van der Waals surface area (Å²) in [6, 6.07) is 9.86. The molecule has 124 valence electrons. The molecule has 24 heavy (non-hydrogen) atoms. The van der Waals surface area contributed by atoms with Gasteiger partial charge in [0.05, 0.1) is 17.4 Å². The zero-order valence-corrected chi connectivity index (χ0v) is 13.1. The molecular formula is C17H18N4O3. The third-order valence-corrected chi connectivity index (χ3v) is 5.15. The number of nitro groups is 1. The second kappa shape index (κ2) is 5.74. The molecule has 0 aliphatic heterocycles. The largest absolute Gasteiger partial charge is 0.389 e. The fraction of sp³-hybridized carbons (Fsp3) is 0.412. The van der Waals surface area contributed by atoms with E-state index in [1.54, 1.807) is 0 Å². The maximum Gasteiger partial charge on any atom is 0.389 e. The first-order valence-electron chi connectivity index (χ1n) is 8.16. The Morgan fingerprint density at radius 1 is 1.38 bits per heavy atom. The maximum atomic E-state index is 12.0. The van der Waals surface area contributed by atoms with Crippen LogP contribution >= 0.6 is 0 Å². The molecule has 1 aromatic carbocycles. The molecule has 1 amide bonds. The summed E-state index contributed by atoms with van der Waals surface area (Å²) in [5, 5.41) is 17.3. The average molecular weight is 326 g/mol. The lowest BCUT2D eigenvalue weighted by Gasteiger charge is -2.13. The highest BCUT2D eigenvalue weighted by atomic mass is 16.6. The van der Waals surface area contributed by atoms with Gasteiger partial charge < -0.3 is 15.4 Å². The van der Waals surface area contributed by atoms with E-state index in [0.29, 0.717) is 24.3 Å². The Labute approximate surface area is 138 Å². The van der Waals surface area contributed by atoms with Crippen LogP contribution in [0.1, 0.15) is 23.5 Å². The lowest BCUT2D eigenvalue weighted by molar-refractivity contribution is -0.389. The topological polar surface area (TPSA) is 90.1 Å². The van der Waals surface area contributed by atoms with Crippen molar-refractivity contribution in [1.29, 1.82) is 0 Å². The second-order valence-corrected chi connectivity index (χ2v) is 6.52. The molecule has 1 N–H and O–H groups in total. The van der Waals surface area contributed by atoms with Gasteiger partial charge in [0.15, 0.2) is 0 Å². The molecule has 1 fully saturated rings. The van der Waals surface area contributed by atoms with Crippen LogP contribution in [0, 0.1) is 22.0 Å². The number of hydrogen-bond acceptors (Lipinski definition) is 4.